The molecule has 0 radical (unpaired) electrons. The molecule has 0 aliphatic carbocycles. The van der Waals surface area contributed by atoms with Crippen molar-refractivity contribution >= 4 is 12.0 Å². The lowest BCUT2D eigenvalue weighted by molar-refractivity contribution is 0.0634. The third-order valence-electron chi connectivity index (χ3n) is 1.39. The van der Waals surface area contributed by atoms with Gasteiger partial charge in [0.1, 0.15) is 5.60 Å². The van der Waals surface area contributed by atoms with Gasteiger partial charge in [-0.15, -0.1) is 0 Å². The number of anilines is 1. The zero-order valence-electron chi connectivity index (χ0n) is 9.37. The van der Waals surface area contributed by atoms with Gasteiger partial charge in [-0.25, -0.2) is 14.8 Å². The van der Waals surface area contributed by atoms with E-state index < -0.39 is 11.7 Å². The van der Waals surface area contributed by atoms with Gasteiger partial charge in [-0.1, -0.05) is 0 Å². The maximum atomic E-state index is 11.3. The summed E-state index contributed by atoms with van der Waals surface area (Å²) < 4.78 is 5.04. The van der Waals surface area contributed by atoms with Crippen LogP contribution in [0.5, 0.6) is 0 Å². The summed E-state index contributed by atoms with van der Waals surface area (Å²) in [6, 6.07) is 0. The average molecular weight is 209 g/mol. The lowest BCUT2D eigenvalue weighted by Crippen LogP contribution is -2.27. The van der Waals surface area contributed by atoms with Crippen LogP contribution in [0.1, 0.15) is 26.3 Å². The molecular formula is C10H15N3O2. The Balaban J connectivity index is 2.55. The number of hydrogen-bond donors (Lipinski definition) is 1. The highest BCUT2D eigenvalue weighted by Crippen LogP contribution is 2.08. The number of hydrogen-bond acceptors (Lipinski definition) is 4. The predicted molar refractivity (Wildman–Crippen MR) is 56.6 cm³/mol. The molecule has 1 rings (SSSR count). The van der Waals surface area contributed by atoms with E-state index in [0.717, 1.165) is 5.56 Å². The monoisotopic (exact) mass is 209 g/mol. The van der Waals surface area contributed by atoms with Crippen LogP contribution in [0.2, 0.25) is 0 Å². The summed E-state index contributed by atoms with van der Waals surface area (Å²) in [4.78, 5) is 19.2. The molecule has 1 aromatic heterocycles. The van der Waals surface area contributed by atoms with Crippen molar-refractivity contribution < 1.29 is 9.53 Å². The van der Waals surface area contributed by atoms with E-state index in [-0.39, 0.29) is 5.95 Å². The van der Waals surface area contributed by atoms with Crippen molar-refractivity contribution in [1.82, 2.24) is 9.97 Å². The molecule has 0 bridgehead atoms. The molecule has 1 heterocycles. The molecule has 0 fully saturated rings. The van der Waals surface area contributed by atoms with E-state index >= 15 is 0 Å². The van der Waals surface area contributed by atoms with Gasteiger partial charge < -0.3 is 4.74 Å². The molecule has 5 heteroatoms. The van der Waals surface area contributed by atoms with Gasteiger partial charge >= 0.3 is 6.09 Å². The van der Waals surface area contributed by atoms with Gasteiger partial charge in [-0.2, -0.15) is 0 Å². The molecule has 0 aliphatic rings. The summed E-state index contributed by atoms with van der Waals surface area (Å²) in [5.41, 5.74) is 0.416. The quantitative estimate of drug-likeness (QED) is 0.769. The first-order chi connectivity index (χ1) is 6.87. The molecule has 0 atom stereocenters. The number of rotatable bonds is 1. The summed E-state index contributed by atoms with van der Waals surface area (Å²) in [6.45, 7) is 7.25. The molecule has 0 unspecified atom stereocenters. The number of carbonyl (C=O) groups is 1. The Morgan fingerprint density at radius 2 is 1.87 bits per heavy atom. The molecule has 0 aromatic carbocycles. The molecule has 5 nitrogen and oxygen atoms in total. The zero-order chi connectivity index (χ0) is 11.5. The van der Waals surface area contributed by atoms with Crippen LogP contribution in [0.15, 0.2) is 12.4 Å². The third-order valence-corrected chi connectivity index (χ3v) is 1.39. The molecule has 1 amide bonds. The van der Waals surface area contributed by atoms with Crippen LogP contribution in [0, 0.1) is 6.92 Å². The topological polar surface area (TPSA) is 64.1 Å². The largest absolute Gasteiger partial charge is 0.444 e. The molecular weight excluding hydrogens is 194 g/mol. The summed E-state index contributed by atoms with van der Waals surface area (Å²) in [6.07, 6.45) is 2.70. The standard InChI is InChI=1S/C10H15N3O2/c1-7-5-11-8(12-6-7)13-9(14)15-10(2,3)4/h5-6H,1-4H3,(H,11,12,13,14). The Morgan fingerprint density at radius 1 is 1.33 bits per heavy atom. The van der Waals surface area contributed by atoms with E-state index in [1.165, 1.54) is 0 Å². The van der Waals surface area contributed by atoms with Crippen LogP contribution in [0.25, 0.3) is 0 Å². The Morgan fingerprint density at radius 3 is 2.33 bits per heavy atom. The number of ether oxygens (including phenoxy) is 1. The number of nitrogens with one attached hydrogen (secondary N) is 1. The maximum absolute atomic E-state index is 11.3. The molecule has 1 N–H and O–H groups in total. The fourth-order valence-electron chi connectivity index (χ4n) is 0.852. The van der Waals surface area contributed by atoms with Gasteiger partial charge in [-0.3, -0.25) is 5.32 Å². The lowest BCUT2D eigenvalue weighted by atomic mass is 10.2. The molecule has 0 aliphatic heterocycles. The first kappa shape index (κ1) is 11.4. The zero-order valence-corrected chi connectivity index (χ0v) is 9.37. The van der Waals surface area contributed by atoms with Crippen LogP contribution in [0.4, 0.5) is 10.7 Å². The van der Waals surface area contributed by atoms with Crippen molar-refractivity contribution in [2.75, 3.05) is 5.32 Å². The van der Waals surface area contributed by atoms with Gasteiger partial charge in [0.2, 0.25) is 5.95 Å². The minimum atomic E-state index is -0.550. The fraction of sp³-hybridized carbons (Fsp3) is 0.500. The number of amides is 1. The van der Waals surface area contributed by atoms with Crippen molar-refractivity contribution in [2.24, 2.45) is 0 Å². The third kappa shape index (κ3) is 4.39. The highest BCUT2D eigenvalue weighted by atomic mass is 16.6. The lowest BCUT2D eigenvalue weighted by Gasteiger charge is -2.19. The first-order valence-corrected chi connectivity index (χ1v) is 4.65. The highest BCUT2D eigenvalue weighted by molar-refractivity contribution is 5.82. The Hall–Kier alpha value is -1.65. The second kappa shape index (κ2) is 4.25. The van der Waals surface area contributed by atoms with E-state index in [1.54, 1.807) is 33.2 Å². The normalized spacial score (nSPS) is 10.9. The predicted octanol–water partition coefficient (Wildman–Crippen LogP) is 2.13. The van der Waals surface area contributed by atoms with E-state index in [1.807, 2.05) is 6.92 Å². The van der Waals surface area contributed by atoms with Crippen molar-refractivity contribution in [3.05, 3.63) is 18.0 Å². The van der Waals surface area contributed by atoms with E-state index in [4.69, 9.17) is 4.74 Å². The number of aryl methyl sites for hydroxylation is 1. The number of aromatic nitrogens is 2. The van der Waals surface area contributed by atoms with Gasteiger partial charge in [0.25, 0.3) is 0 Å². The molecule has 15 heavy (non-hydrogen) atoms. The Labute approximate surface area is 88.9 Å². The van der Waals surface area contributed by atoms with E-state index in [0.29, 0.717) is 0 Å². The molecule has 0 saturated carbocycles. The molecule has 0 saturated heterocycles. The van der Waals surface area contributed by atoms with Crippen LogP contribution in [0.3, 0.4) is 0 Å². The fourth-order valence-corrected chi connectivity index (χ4v) is 0.852. The van der Waals surface area contributed by atoms with Gasteiger partial charge in [0.15, 0.2) is 0 Å². The van der Waals surface area contributed by atoms with Gasteiger partial charge in [0, 0.05) is 12.4 Å². The van der Waals surface area contributed by atoms with Gasteiger partial charge in [-0.05, 0) is 33.3 Å². The average Bonchev–Trinajstić information content (AvgIpc) is 2.05. The van der Waals surface area contributed by atoms with E-state index in [2.05, 4.69) is 15.3 Å². The Kier molecular flexibility index (Phi) is 3.24. The highest BCUT2D eigenvalue weighted by Gasteiger charge is 2.16. The summed E-state index contributed by atoms with van der Waals surface area (Å²) in [5.74, 6) is 0.245. The summed E-state index contributed by atoms with van der Waals surface area (Å²) in [7, 11) is 0. The number of nitrogens with zero attached hydrogens (tertiary/aromatic N) is 2. The van der Waals surface area contributed by atoms with Crippen molar-refractivity contribution in [3.63, 3.8) is 0 Å². The van der Waals surface area contributed by atoms with Crippen LogP contribution >= 0.6 is 0 Å². The van der Waals surface area contributed by atoms with Crippen molar-refractivity contribution in [1.29, 1.82) is 0 Å². The summed E-state index contributed by atoms with van der Waals surface area (Å²) >= 11 is 0. The van der Waals surface area contributed by atoms with Crippen LogP contribution in [-0.2, 0) is 4.74 Å². The van der Waals surface area contributed by atoms with Crippen LogP contribution < -0.4 is 5.32 Å². The van der Waals surface area contributed by atoms with Crippen molar-refractivity contribution in [2.45, 2.75) is 33.3 Å². The molecule has 82 valence electrons. The maximum Gasteiger partial charge on any atom is 0.414 e. The minimum absolute atomic E-state index is 0.245. The number of carbonyl (C=O) groups excluding carboxylic acids is 1. The van der Waals surface area contributed by atoms with E-state index in [9.17, 15) is 4.79 Å². The van der Waals surface area contributed by atoms with Crippen molar-refractivity contribution in [3.8, 4) is 0 Å². The molecule has 0 spiro atoms. The second-order valence-corrected chi connectivity index (χ2v) is 4.21. The first-order valence-electron chi connectivity index (χ1n) is 4.65. The Bertz CT molecular complexity index is 341. The summed E-state index contributed by atoms with van der Waals surface area (Å²) in [5, 5.41) is 2.44. The molecule has 1 aromatic rings. The smallest absolute Gasteiger partial charge is 0.414 e. The van der Waals surface area contributed by atoms with Crippen LogP contribution in [-0.4, -0.2) is 21.7 Å². The second-order valence-electron chi connectivity index (χ2n) is 4.21. The SMILES string of the molecule is Cc1cnc(NC(=O)OC(C)(C)C)nc1. The van der Waals surface area contributed by atoms with Gasteiger partial charge in [0.05, 0.1) is 0 Å². The minimum Gasteiger partial charge on any atom is -0.444 e.